The molecule has 0 N–H and O–H groups in total. The van der Waals surface area contributed by atoms with Gasteiger partial charge in [-0.15, -0.1) is 0 Å². The summed E-state index contributed by atoms with van der Waals surface area (Å²) in [6.07, 6.45) is 2.78. The number of hydrogen-bond donors (Lipinski definition) is 0. The van der Waals surface area contributed by atoms with Gasteiger partial charge in [0.05, 0.1) is 23.2 Å². The van der Waals surface area contributed by atoms with Crippen LogP contribution in [0.2, 0.25) is 0 Å². The van der Waals surface area contributed by atoms with Gasteiger partial charge < -0.3 is 4.42 Å². The van der Waals surface area contributed by atoms with Gasteiger partial charge in [0.15, 0.2) is 5.78 Å². The molecule has 3 aromatic rings. The van der Waals surface area contributed by atoms with Crippen molar-refractivity contribution >= 4 is 5.78 Å². The quantitative estimate of drug-likeness (QED) is 0.725. The Labute approximate surface area is 139 Å². The van der Waals surface area contributed by atoms with E-state index >= 15 is 0 Å². The van der Waals surface area contributed by atoms with Gasteiger partial charge in [-0.05, 0) is 39.0 Å². The van der Waals surface area contributed by atoms with Gasteiger partial charge in [-0.3, -0.25) is 4.79 Å². The Kier molecular flexibility index (Phi) is 3.33. The second-order valence-electron chi connectivity index (χ2n) is 6.31. The fourth-order valence-corrected chi connectivity index (χ4v) is 3.45. The number of fused-ring (bicyclic) bond motifs is 1. The summed E-state index contributed by atoms with van der Waals surface area (Å²) < 4.78 is 7.23. The van der Waals surface area contributed by atoms with Crippen LogP contribution in [-0.2, 0) is 6.42 Å². The van der Waals surface area contributed by atoms with Crippen molar-refractivity contribution in [3.8, 4) is 5.95 Å². The number of Topliss-reactive ketones (excluding diaryl/α,β-unsaturated/α-hetero) is 1. The van der Waals surface area contributed by atoms with E-state index in [1.54, 1.807) is 10.9 Å². The highest BCUT2D eigenvalue weighted by molar-refractivity contribution is 5.99. The van der Waals surface area contributed by atoms with Crippen LogP contribution in [0.4, 0.5) is 0 Å². The van der Waals surface area contributed by atoms with E-state index in [4.69, 9.17) is 4.42 Å². The number of aromatic nitrogens is 4. The van der Waals surface area contributed by atoms with Gasteiger partial charge >= 0.3 is 0 Å². The van der Waals surface area contributed by atoms with Crippen LogP contribution in [0.5, 0.6) is 0 Å². The molecule has 1 unspecified atom stereocenters. The van der Waals surface area contributed by atoms with Gasteiger partial charge in [-0.25, -0.2) is 14.6 Å². The fraction of sp³-hybridized carbons (Fsp3) is 0.333. The lowest BCUT2D eigenvalue weighted by Gasteiger charge is -2.20. The van der Waals surface area contributed by atoms with E-state index < -0.39 is 0 Å². The van der Waals surface area contributed by atoms with Gasteiger partial charge in [0.2, 0.25) is 0 Å². The molecule has 0 saturated carbocycles. The monoisotopic (exact) mass is 322 g/mol. The van der Waals surface area contributed by atoms with Gasteiger partial charge in [0.1, 0.15) is 5.76 Å². The zero-order valence-corrected chi connectivity index (χ0v) is 13.9. The number of carbonyl (C=O) groups is 1. The van der Waals surface area contributed by atoms with Crippen LogP contribution in [0.25, 0.3) is 5.95 Å². The highest BCUT2D eigenvalue weighted by Gasteiger charge is 2.33. The van der Waals surface area contributed by atoms with Gasteiger partial charge in [-0.2, -0.15) is 5.10 Å². The predicted octanol–water partition coefficient (Wildman–Crippen LogP) is 3.09. The first-order valence-electron chi connectivity index (χ1n) is 8.00. The number of hydrogen-bond acceptors (Lipinski definition) is 5. The zero-order chi connectivity index (χ0) is 16.8. The molecule has 6 nitrogen and oxygen atoms in total. The third-order valence-corrected chi connectivity index (χ3v) is 4.41. The van der Waals surface area contributed by atoms with Crippen molar-refractivity contribution < 1.29 is 9.21 Å². The summed E-state index contributed by atoms with van der Waals surface area (Å²) in [5.41, 5.74) is 4.07. The lowest BCUT2D eigenvalue weighted by atomic mass is 9.84. The Bertz CT molecular complexity index is 905. The second-order valence-corrected chi connectivity index (χ2v) is 6.31. The van der Waals surface area contributed by atoms with E-state index in [2.05, 4.69) is 15.1 Å². The van der Waals surface area contributed by atoms with Crippen molar-refractivity contribution in [1.82, 2.24) is 19.7 Å². The molecule has 4 rings (SSSR count). The zero-order valence-electron chi connectivity index (χ0n) is 13.9. The molecule has 122 valence electrons. The summed E-state index contributed by atoms with van der Waals surface area (Å²) in [5, 5.41) is 4.55. The van der Waals surface area contributed by atoms with Crippen LogP contribution in [0.1, 0.15) is 51.2 Å². The van der Waals surface area contributed by atoms with Crippen molar-refractivity contribution in [1.29, 1.82) is 0 Å². The fourth-order valence-electron chi connectivity index (χ4n) is 3.45. The molecule has 1 atom stereocenters. The van der Waals surface area contributed by atoms with Gasteiger partial charge in [-0.1, -0.05) is 0 Å². The maximum absolute atomic E-state index is 12.7. The molecule has 6 heteroatoms. The predicted molar refractivity (Wildman–Crippen MR) is 87.5 cm³/mol. The summed E-state index contributed by atoms with van der Waals surface area (Å²) in [7, 11) is 0. The van der Waals surface area contributed by atoms with E-state index in [9.17, 15) is 4.79 Å². The molecule has 24 heavy (non-hydrogen) atoms. The lowest BCUT2D eigenvalue weighted by molar-refractivity contribution is 0.0959. The van der Waals surface area contributed by atoms with E-state index in [1.807, 2.05) is 39.0 Å². The molecule has 0 fully saturated rings. The van der Waals surface area contributed by atoms with E-state index in [1.165, 1.54) is 0 Å². The van der Waals surface area contributed by atoms with E-state index in [-0.39, 0.29) is 11.7 Å². The molecule has 0 aromatic carbocycles. The smallest absolute Gasteiger partial charge is 0.251 e. The maximum Gasteiger partial charge on any atom is 0.251 e. The molecular formula is C18H18N4O2. The molecule has 3 aromatic heterocycles. The SMILES string of the molecule is Cc1cc(C)nc(-n2nc(C)c3c2CC(c2ccco2)CC3=O)n1. The Morgan fingerprint density at radius 2 is 1.92 bits per heavy atom. The minimum atomic E-state index is 0.0285. The standard InChI is InChI=1S/C18H18N4O2/c1-10-7-11(2)20-18(19-10)22-14-8-13(16-5-4-6-24-16)9-15(23)17(14)12(3)21-22/h4-7,13H,8-9H2,1-3H3. The van der Waals surface area contributed by atoms with Crippen molar-refractivity contribution in [3.05, 3.63) is 58.6 Å². The third kappa shape index (κ3) is 2.35. The van der Waals surface area contributed by atoms with Crippen LogP contribution in [0, 0.1) is 20.8 Å². The van der Waals surface area contributed by atoms with Gasteiger partial charge in [0, 0.05) is 30.1 Å². The Morgan fingerprint density at radius 3 is 2.58 bits per heavy atom. The minimum absolute atomic E-state index is 0.0285. The Balaban J connectivity index is 1.84. The van der Waals surface area contributed by atoms with Crippen LogP contribution < -0.4 is 0 Å². The number of rotatable bonds is 2. The molecule has 0 amide bonds. The molecule has 0 spiro atoms. The Morgan fingerprint density at radius 1 is 1.17 bits per heavy atom. The average Bonchev–Trinajstić information content (AvgIpc) is 3.14. The van der Waals surface area contributed by atoms with E-state index in [0.29, 0.717) is 24.4 Å². The van der Waals surface area contributed by atoms with Crippen molar-refractivity contribution in [2.75, 3.05) is 0 Å². The van der Waals surface area contributed by atoms with Crippen molar-refractivity contribution in [2.45, 2.75) is 39.5 Å². The van der Waals surface area contributed by atoms with Crippen molar-refractivity contribution in [2.24, 2.45) is 0 Å². The minimum Gasteiger partial charge on any atom is -0.469 e. The molecule has 1 aliphatic rings. The summed E-state index contributed by atoms with van der Waals surface area (Å²) in [6.45, 7) is 5.72. The first-order valence-corrected chi connectivity index (χ1v) is 8.00. The lowest BCUT2D eigenvalue weighted by Crippen LogP contribution is -2.21. The average molecular weight is 322 g/mol. The molecule has 3 heterocycles. The Hall–Kier alpha value is -2.76. The normalized spacial score (nSPS) is 17.1. The van der Waals surface area contributed by atoms with E-state index in [0.717, 1.165) is 28.5 Å². The second kappa shape index (κ2) is 5.40. The van der Waals surface area contributed by atoms with Crippen molar-refractivity contribution in [3.63, 3.8) is 0 Å². The van der Waals surface area contributed by atoms with Crippen LogP contribution >= 0.6 is 0 Å². The van der Waals surface area contributed by atoms with Crippen LogP contribution in [0.3, 0.4) is 0 Å². The molecule has 0 saturated heterocycles. The number of nitrogens with zero attached hydrogens (tertiary/aromatic N) is 4. The third-order valence-electron chi connectivity index (χ3n) is 4.41. The number of ketones is 1. The topological polar surface area (TPSA) is 73.8 Å². The van der Waals surface area contributed by atoms with Crippen LogP contribution in [-0.4, -0.2) is 25.5 Å². The first kappa shape index (κ1) is 14.8. The largest absolute Gasteiger partial charge is 0.469 e. The highest BCUT2D eigenvalue weighted by Crippen LogP contribution is 2.35. The number of aryl methyl sites for hydroxylation is 3. The summed E-state index contributed by atoms with van der Waals surface area (Å²) in [6, 6.07) is 5.69. The molecule has 1 aliphatic carbocycles. The van der Waals surface area contributed by atoms with Gasteiger partial charge in [0.25, 0.3) is 5.95 Å². The summed E-state index contributed by atoms with van der Waals surface area (Å²) >= 11 is 0. The molecular weight excluding hydrogens is 304 g/mol. The maximum atomic E-state index is 12.7. The molecule has 0 radical (unpaired) electrons. The number of furan rings is 1. The first-order chi connectivity index (χ1) is 11.5. The summed E-state index contributed by atoms with van der Waals surface area (Å²) in [4.78, 5) is 21.6. The van der Waals surface area contributed by atoms with Crippen LogP contribution in [0.15, 0.2) is 28.9 Å². The highest BCUT2D eigenvalue weighted by atomic mass is 16.3. The molecule has 0 aliphatic heterocycles. The molecule has 0 bridgehead atoms. The number of carbonyl (C=O) groups excluding carboxylic acids is 1. The summed E-state index contributed by atoms with van der Waals surface area (Å²) in [5.74, 6) is 1.48.